The van der Waals surface area contributed by atoms with Crippen molar-refractivity contribution >= 4 is 23.5 Å². The summed E-state index contributed by atoms with van der Waals surface area (Å²) in [6.07, 6.45) is 5.50. The van der Waals surface area contributed by atoms with Gasteiger partial charge in [-0.3, -0.25) is 9.89 Å². The molecule has 0 saturated heterocycles. The molecule has 1 amide bonds. The Bertz CT molecular complexity index is 421. The highest BCUT2D eigenvalue weighted by Gasteiger charge is 2.28. The van der Waals surface area contributed by atoms with Crippen LogP contribution in [0.2, 0.25) is 0 Å². The van der Waals surface area contributed by atoms with Crippen LogP contribution in [0, 0.1) is 5.95 Å². The van der Waals surface area contributed by atoms with E-state index in [1.807, 2.05) is 0 Å². The van der Waals surface area contributed by atoms with Gasteiger partial charge in [-0.2, -0.15) is 9.49 Å². The van der Waals surface area contributed by atoms with Crippen molar-refractivity contribution in [3.63, 3.8) is 0 Å². The number of H-pyrrole nitrogens is 1. The average Bonchev–Trinajstić information content (AvgIpc) is 2.62. The molecule has 4 nitrogen and oxygen atoms in total. The van der Waals surface area contributed by atoms with Gasteiger partial charge >= 0.3 is 0 Å². The Morgan fingerprint density at radius 2 is 2.28 bits per heavy atom. The standard InChI is InChI=1S/C12H18FN3OS/c1-2-3-4-5-6-8-10-11(13)15-16-12(10)14-9(17)7-18-8/h8H,2-7H2,1H3,(H2,14,15,16,17). The molecule has 2 rings (SSSR count). The maximum Gasteiger partial charge on any atom is 0.235 e. The Balaban J connectivity index is 2.05. The minimum Gasteiger partial charge on any atom is -0.308 e. The maximum atomic E-state index is 13.7. The highest BCUT2D eigenvalue weighted by Crippen LogP contribution is 2.40. The minimum atomic E-state index is -0.416. The molecule has 2 heterocycles. The van der Waals surface area contributed by atoms with E-state index < -0.39 is 5.95 Å². The Hall–Kier alpha value is -1.04. The molecule has 1 unspecified atom stereocenters. The molecule has 0 fully saturated rings. The van der Waals surface area contributed by atoms with E-state index in [1.54, 1.807) is 0 Å². The Morgan fingerprint density at radius 3 is 3.06 bits per heavy atom. The van der Waals surface area contributed by atoms with Crippen molar-refractivity contribution in [2.24, 2.45) is 0 Å². The third-order valence-electron chi connectivity index (χ3n) is 3.07. The van der Waals surface area contributed by atoms with Gasteiger partial charge in [0, 0.05) is 5.25 Å². The molecule has 6 heteroatoms. The number of aromatic amines is 1. The summed E-state index contributed by atoms with van der Waals surface area (Å²) in [5.41, 5.74) is 0.530. The van der Waals surface area contributed by atoms with Crippen LogP contribution in [0.3, 0.4) is 0 Å². The number of unbranched alkanes of at least 4 members (excludes halogenated alkanes) is 3. The van der Waals surface area contributed by atoms with Crippen molar-refractivity contribution in [2.45, 2.75) is 44.3 Å². The summed E-state index contributed by atoms with van der Waals surface area (Å²) in [4.78, 5) is 11.5. The van der Waals surface area contributed by atoms with Gasteiger partial charge in [-0.25, -0.2) is 0 Å². The highest BCUT2D eigenvalue weighted by molar-refractivity contribution is 8.00. The van der Waals surface area contributed by atoms with Gasteiger partial charge in [-0.15, -0.1) is 11.8 Å². The Morgan fingerprint density at radius 1 is 1.44 bits per heavy atom. The van der Waals surface area contributed by atoms with Crippen molar-refractivity contribution in [3.8, 4) is 0 Å². The molecule has 0 saturated carbocycles. The first-order valence-electron chi connectivity index (χ1n) is 6.37. The molecule has 18 heavy (non-hydrogen) atoms. The number of amides is 1. The fourth-order valence-corrected chi connectivity index (χ4v) is 3.27. The summed E-state index contributed by atoms with van der Waals surface area (Å²) >= 11 is 1.50. The maximum absolute atomic E-state index is 13.7. The predicted molar refractivity (Wildman–Crippen MR) is 71.1 cm³/mol. The molecule has 0 aliphatic carbocycles. The van der Waals surface area contributed by atoms with E-state index in [0.717, 1.165) is 19.3 Å². The van der Waals surface area contributed by atoms with E-state index in [4.69, 9.17) is 0 Å². The number of thioether (sulfide) groups is 1. The first kappa shape index (κ1) is 13.4. The van der Waals surface area contributed by atoms with Crippen molar-refractivity contribution in [1.82, 2.24) is 10.2 Å². The van der Waals surface area contributed by atoms with E-state index in [-0.39, 0.29) is 11.2 Å². The summed E-state index contributed by atoms with van der Waals surface area (Å²) in [5, 5.41) is 8.79. The van der Waals surface area contributed by atoms with Gasteiger partial charge in [0.25, 0.3) is 0 Å². The number of nitrogens with one attached hydrogen (secondary N) is 2. The van der Waals surface area contributed by atoms with Crippen LogP contribution in [0.15, 0.2) is 0 Å². The molecule has 0 bridgehead atoms. The monoisotopic (exact) mass is 271 g/mol. The van der Waals surface area contributed by atoms with Gasteiger partial charge < -0.3 is 5.32 Å². The molecule has 1 atom stereocenters. The van der Waals surface area contributed by atoms with Gasteiger partial charge in [0.05, 0.1) is 11.3 Å². The van der Waals surface area contributed by atoms with Crippen LogP contribution >= 0.6 is 11.8 Å². The fraction of sp³-hybridized carbons (Fsp3) is 0.667. The lowest BCUT2D eigenvalue weighted by atomic mass is 10.1. The van der Waals surface area contributed by atoms with Gasteiger partial charge in [0.15, 0.2) is 5.82 Å². The lowest BCUT2D eigenvalue weighted by Gasteiger charge is -2.12. The van der Waals surface area contributed by atoms with E-state index in [9.17, 15) is 9.18 Å². The SMILES string of the molecule is CCCCCCC1SCC(=O)Nc2n[nH]c(F)c21. The zero-order valence-electron chi connectivity index (χ0n) is 10.5. The number of anilines is 1. The molecular formula is C12H18FN3OS. The van der Waals surface area contributed by atoms with Crippen molar-refractivity contribution in [1.29, 1.82) is 0 Å². The van der Waals surface area contributed by atoms with Gasteiger partial charge in [-0.05, 0) is 6.42 Å². The molecule has 1 aromatic rings. The molecule has 0 radical (unpaired) electrons. The zero-order valence-corrected chi connectivity index (χ0v) is 11.3. The number of halogens is 1. The minimum absolute atomic E-state index is 0.0227. The molecule has 0 spiro atoms. The Kier molecular flexibility index (Phi) is 4.63. The van der Waals surface area contributed by atoms with Gasteiger partial charge in [0.2, 0.25) is 11.9 Å². The Labute approximate surface area is 110 Å². The normalized spacial score (nSPS) is 19.2. The number of hydrogen-bond donors (Lipinski definition) is 2. The van der Waals surface area contributed by atoms with E-state index in [2.05, 4.69) is 22.4 Å². The summed E-state index contributed by atoms with van der Waals surface area (Å²) in [5.74, 6) is 0.209. The topological polar surface area (TPSA) is 57.8 Å². The van der Waals surface area contributed by atoms with Crippen LogP contribution in [0.4, 0.5) is 10.2 Å². The van der Waals surface area contributed by atoms with E-state index in [1.165, 1.54) is 24.6 Å². The summed E-state index contributed by atoms with van der Waals surface area (Å²) in [7, 11) is 0. The van der Waals surface area contributed by atoms with E-state index >= 15 is 0 Å². The average molecular weight is 271 g/mol. The van der Waals surface area contributed by atoms with Crippen LogP contribution in [0.1, 0.15) is 49.8 Å². The van der Waals surface area contributed by atoms with Crippen molar-refractivity contribution < 1.29 is 9.18 Å². The lowest BCUT2D eigenvalue weighted by Crippen LogP contribution is -2.12. The predicted octanol–water partition coefficient (Wildman–Crippen LogP) is 3.25. The number of carbonyl (C=O) groups excluding carboxylic acids is 1. The second-order valence-electron chi connectivity index (χ2n) is 4.50. The molecule has 1 aliphatic rings. The van der Waals surface area contributed by atoms with E-state index in [0.29, 0.717) is 17.1 Å². The largest absolute Gasteiger partial charge is 0.308 e. The van der Waals surface area contributed by atoms with Gasteiger partial charge in [-0.1, -0.05) is 32.6 Å². The number of fused-ring (bicyclic) bond motifs is 1. The molecule has 2 N–H and O–H groups in total. The summed E-state index contributed by atoms with van der Waals surface area (Å²) in [6, 6.07) is 0. The smallest absolute Gasteiger partial charge is 0.235 e. The van der Waals surface area contributed by atoms with Crippen LogP contribution in [0.25, 0.3) is 0 Å². The van der Waals surface area contributed by atoms with Crippen LogP contribution < -0.4 is 5.32 Å². The number of rotatable bonds is 5. The van der Waals surface area contributed by atoms with Gasteiger partial charge in [0.1, 0.15) is 0 Å². The van der Waals surface area contributed by atoms with Crippen molar-refractivity contribution in [3.05, 3.63) is 11.5 Å². The molecule has 100 valence electrons. The summed E-state index contributed by atoms with van der Waals surface area (Å²) < 4.78 is 13.7. The zero-order chi connectivity index (χ0) is 13.0. The summed E-state index contributed by atoms with van der Waals surface area (Å²) in [6.45, 7) is 2.16. The molecular weight excluding hydrogens is 253 g/mol. The number of nitrogens with zero attached hydrogens (tertiary/aromatic N) is 1. The number of aromatic nitrogens is 2. The second kappa shape index (κ2) is 6.22. The number of carbonyl (C=O) groups is 1. The highest BCUT2D eigenvalue weighted by atomic mass is 32.2. The molecule has 0 aromatic carbocycles. The number of hydrogen-bond acceptors (Lipinski definition) is 3. The fourth-order valence-electron chi connectivity index (χ4n) is 2.13. The quantitative estimate of drug-likeness (QED) is 0.808. The van der Waals surface area contributed by atoms with Crippen LogP contribution in [0.5, 0.6) is 0 Å². The third-order valence-corrected chi connectivity index (χ3v) is 4.38. The van der Waals surface area contributed by atoms with Crippen molar-refractivity contribution in [2.75, 3.05) is 11.1 Å². The van der Waals surface area contributed by atoms with Crippen LogP contribution in [-0.4, -0.2) is 21.9 Å². The van der Waals surface area contributed by atoms with Crippen LogP contribution in [-0.2, 0) is 4.79 Å². The lowest BCUT2D eigenvalue weighted by molar-refractivity contribution is -0.113. The third kappa shape index (κ3) is 3.04. The second-order valence-corrected chi connectivity index (χ2v) is 5.69. The first-order valence-corrected chi connectivity index (χ1v) is 7.42. The molecule has 1 aromatic heterocycles. The molecule has 1 aliphatic heterocycles. The first-order chi connectivity index (χ1) is 8.72.